The summed E-state index contributed by atoms with van der Waals surface area (Å²) in [5.41, 5.74) is 0.602. The summed E-state index contributed by atoms with van der Waals surface area (Å²) in [6.07, 6.45) is -1.55. The van der Waals surface area contributed by atoms with Crippen LogP contribution in [-0.2, 0) is 0 Å². The Morgan fingerprint density at radius 3 is 2.52 bits per heavy atom. The molecule has 3 rings (SSSR count). The van der Waals surface area contributed by atoms with Gasteiger partial charge < -0.3 is 14.6 Å². The molecule has 5 heteroatoms. The number of ketones is 1. The molecule has 0 saturated heterocycles. The maximum absolute atomic E-state index is 12.3. The van der Waals surface area contributed by atoms with E-state index in [1.807, 2.05) is 18.2 Å². The molecule has 0 bridgehead atoms. The second-order valence-electron chi connectivity index (χ2n) is 5.09. The van der Waals surface area contributed by atoms with Gasteiger partial charge in [-0.05, 0) is 12.1 Å². The van der Waals surface area contributed by atoms with Gasteiger partial charge in [0.25, 0.3) is 0 Å². The highest BCUT2D eigenvalue weighted by Gasteiger charge is 2.21. The van der Waals surface area contributed by atoms with Crippen molar-refractivity contribution in [1.82, 2.24) is 0 Å². The average molecular weight is 310 g/mol. The van der Waals surface area contributed by atoms with Crippen molar-refractivity contribution < 1.29 is 19.4 Å². The lowest BCUT2D eigenvalue weighted by Crippen LogP contribution is -2.24. The summed E-state index contributed by atoms with van der Waals surface area (Å²) < 4.78 is 5.76. The van der Waals surface area contributed by atoms with E-state index < -0.39 is 18.5 Å². The second kappa shape index (κ2) is 6.16. The van der Waals surface area contributed by atoms with Gasteiger partial charge in [-0.15, -0.1) is 0 Å². The standard InChI is InChI=1S/C18H14O5/c19-10-15(21)17(22)13-8-4-7-12-14(20)9-16(23-18(12)13)11-5-2-1-3-6-11/h1-9,15,19,21H,10H2. The van der Waals surface area contributed by atoms with Crippen LogP contribution < -0.4 is 5.43 Å². The molecule has 1 aromatic heterocycles. The third-order valence-corrected chi connectivity index (χ3v) is 3.55. The first-order valence-electron chi connectivity index (χ1n) is 7.07. The van der Waals surface area contributed by atoms with Gasteiger partial charge in [0.15, 0.2) is 11.2 Å². The number of carbonyl (C=O) groups excluding carboxylic acids is 1. The largest absolute Gasteiger partial charge is 0.455 e. The van der Waals surface area contributed by atoms with Crippen LogP contribution in [0.5, 0.6) is 0 Å². The van der Waals surface area contributed by atoms with Gasteiger partial charge in [0.1, 0.15) is 17.4 Å². The third-order valence-electron chi connectivity index (χ3n) is 3.55. The predicted octanol–water partition coefficient (Wildman–Crippen LogP) is 2.00. The van der Waals surface area contributed by atoms with E-state index in [9.17, 15) is 14.7 Å². The lowest BCUT2D eigenvalue weighted by Gasteiger charge is -2.09. The van der Waals surface area contributed by atoms with Gasteiger partial charge in [-0.25, -0.2) is 0 Å². The van der Waals surface area contributed by atoms with Crippen LogP contribution in [-0.4, -0.2) is 28.7 Å². The van der Waals surface area contributed by atoms with Crippen LogP contribution in [0.4, 0.5) is 0 Å². The third kappa shape index (κ3) is 2.79. The molecule has 0 radical (unpaired) electrons. The summed E-state index contributed by atoms with van der Waals surface area (Å²) in [5.74, 6) is -0.353. The summed E-state index contributed by atoms with van der Waals surface area (Å²) in [6, 6.07) is 15.0. The van der Waals surface area contributed by atoms with Gasteiger partial charge in [-0.1, -0.05) is 36.4 Å². The van der Waals surface area contributed by atoms with Gasteiger partial charge in [0.2, 0.25) is 0 Å². The van der Waals surface area contributed by atoms with E-state index in [1.165, 1.54) is 12.1 Å². The zero-order chi connectivity index (χ0) is 16.4. The van der Waals surface area contributed by atoms with Crippen LogP contribution >= 0.6 is 0 Å². The van der Waals surface area contributed by atoms with Crippen molar-refractivity contribution in [1.29, 1.82) is 0 Å². The number of aliphatic hydroxyl groups excluding tert-OH is 2. The van der Waals surface area contributed by atoms with E-state index in [-0.39, 0.29) is 22.0 Å². The van der Waals surface area contributed by atoms with Crippen molar-refractivity contribution in [3.8, 4) is 11.3 Å². The zero-order valence-electron chi connectivity index (χ0n) is 12.1. The van der Waals surface area contributed by atoms with E-state index >= 15 is 0 Å². The van der Waals surface area contributed by atoms with Gasteiger partial charge in [-0.2, -0.15) is 0 Å². The zero-order valence-corrected chi connectivity index (χ0v) is 12.1. The van der Waals surface area contributed by atoms with Gasteiger partial charge in [0.05, 0.1) is 17.6 Å². The Labute approximate surface area is 131 Å². The molecule has 5 nitrogen and oxygen atoms in total. The quantitative estimate of drug-likeness (QED) is 0.720. The fourth-order valence-corrected chi connectivity index (χ4v) is 2.38. The monoisotopic (exact) mass is 310 g/mol. The fourth-order valence-electron chi connectivity index (χ4n) is 2.38. The molecule has 0 aliphatic carbocycles. The maximum Gasteiger partial charge on any atom is 0.197 e. The van der Waals surface area contributed by atoms with Crippen molar-refractivity contribution >= 4 is 16.8 Å². The van der Waals surface area contributed by atoms with Crippen molar-refractivity contribution in [2.24, 2.45) is 0 Å². The molecule has 1 atom stereocenters. The van der Waals surface area contributed by atoms with Crippen LogP contribution in [0.1, 0.15) is 10.4 Å². The van der Waals surface area contributed by atoms with Crippen LogP contribution in [0.3, 0.4) is 0 Å². The first-order valence-corrected chi connectivity index (χ1v) is 7.07. The Morgan fingerprint density at radius 1 is 1.09 bits per heavy atom. The maximum atomic E-state index is 12.3. The van der Waals surface area contributed by atoms with Crippen molar-refractivity contribution in [2.75, 3.05) is 6.61 Å². The topological polar surface area (TPSA) is 87.7 Å². The molecule has 0 fully saturated rings. The summed E-state index contributed by atoms with van der Waals surface area (Å²) in [4.78, 5) is 24.5. The molecule has 3 aromatic rings. The minimum absolute atomic E-state index is 0.0685. The Kier molecular flexibility index (Phi) is 4.06. The van der Waals surface area contributed by atoms with Crippen LogP contribution in [0, 0.1) is 0 Å². The van der Waals surface area contributed by atoms with Crippen molar-refractivity contribution in [3.63, 3.8) is 0 Å². The van der Waals surface area contributed by atoms with E-state index in [2.05, 4.69) is 0 Å². The number of fused-ring (bicyclic) bond motifs is 1. The molecule has 1 unspecified atom stereocenters. The first kappa shape index (κ1) is 15.1. The van der Waals surface area contributed by atoms with Crippen molar-refractivity contribution in [3.05, 3.63) is 70.4 Å². The number of hydrogen-bond acceptors (Lipinski definition) is 5. The molecule has 116 valence electrons. The minimum Gasteiger partial charge on any atom is -0.455 e. The SMILES string of the molecule is O=C(c1cccc2c(=O)cc(-c3ccccc3)oc12)C(O)CO. The summed E-state index contributed by atoms with van der Waals surface area (Å²) in [6.45, 7) is -0.697. The second-order valence-corrected chi connectivity index (χ2v) is 5.09. The number of para-hydroxylation sites is 1. The lowest BCUT2D eigenvalue weighted by molar-refractivity contribution is 0.0588. The highest BCUT2D eigenvalue weighted by atomic mass is 16.3. The number of aliphatic hydroxyl groups is 2. The number of hydrogen-bond donors (Lipinski definition) is 2. The minimum atomic E-state index is -1.55. The first-order chi connectivity index (χ1) is 11.1. The number of Topliss-reactive ketones (excluding diaryl/α,β-unsaturated/α-hetero) is 1. The van der Waals surface area contributed by atoms with E-state index in [4.69, 9.17) is 9.52 Å². The molecule has 1 heterocycles. The van der Waals surface area contributed by atoms with Crippen molar-refractivity contribution in [2.45, 2.75) is 6.10 Å². The van der Waals surface area contributed by atoms with Gasteiger partial charge in [0, 0.05) is 11.6 Å². The molecule has 0 saturated carbocycles. The van der Waals surface area contributed by atoms with E-state index in [1.54, 1.807) is 24.3 Å². The van der Waals surface area contributed by atoms with Crippen LogP contribution in [0.25, 0.3) is 22.3 Å². The molecule has 0 aliphatic heterocycles. The van der Waals surface area contributed by atoms with E-state index in [0.29, 0.717) is 11.3 Å². The Hall–Kier alpha value is -2.76. The Morgan fingerprint density at radius 2 is 1.83 bits per heavy atom. The number of rotatable bonds is 4. The molecule has 0 aliphatic rings. The predicted molar refractivity (Wildman–Crippen MR) is 85.3 cm³/mol. The molecule has 0 amide bonds. The number of carbonyl (C=O) groups is 1. The smallest absolute Gasteiger partial charge is 0.197 e. The highest BCUT2D eigenvalue weighted by Crippen LogP contribution is 2.24. The Bertz CT molecular complexity index is 912. The highest BCUT2D eigenvalue weighted by molar-refractivity contribution is 6.08. The lowest BCUT2D eigenvalue weighted by atomic mass is 10.0. The molecule has 23 heavy (non-hydrogen) atoms. The summed E-state index contributed by atoms with van der Waals surface area (Å²) in [7, 11) is 0. The Balaban J connectivity index is 2.26. The normalized spacial score (nSPS) is 12.3. The fraction of sp³-hybridized carbons (Fsp3) is 0.111. The molecular formula is C18H14O5. The van der Waals surface area contributed by atoms with Crippen LogP contribution in [0.15, 0.2) is 63.8 Å². The molecule has 2 aromatic carbocycles. The van der Waals surface area contributed by atoms with E-state index in [0.717, 1.165) is 0 Å². The molecular weight excluding hydrogens is 296 g/mol. The van der Waals surface area contributed by atoms with Crippen LogP contribution in [0.2, 0.25) is 0 Å². The van der Waals surface area contributed by atoms with Gasteiger partial charge >= 0.3 is 0 Å². The van der Waals surface area contributed by atoms with Gasteiger partial charge in [-0.3, -0.25) is 9.59 Å². The average Bonchev–Trinajstić information content (AvgIpc) is 2.60. The molecule has 2 N–H and O–H groups in total. The summed E-state index contributed by atoms with van der Waals surface area (Å²) >= 11 is 0. The number of benzene rings is 2. The molecule has 0 spiro atoms. The summed E-state index contributed by atoms with van der Waals surface area (Å²) in [5, 5.41) is 18.8.